The fourth-order valence-corrected chi connectivity index (χ4v) is 1.91. The van der Waals surface area contributed by atoms with Crippen LogP contribution in [0.5, 0.6) is 5.75 Å². The summed E-state index contributed by atoms with van der Waals surface area (Å²) < 4.78 is 0. The van der Waals surface area contributed by atoms with Crippen LogP contribution in [0.2, 0.25) is 0 Å². The van der Waals surface area contributed by atoms with Gasteiger partial charge in [-0.05, 0) is 30.2 Å². The molecule has 20 heavy (non-hydrogen) atoms. The third-order valence-electron chi connectivity index (χ3n) is 3.16. The van der Waals surface area contributed by atoms with E-state index in [1.54, 1.807) is 19.1 Å². The Morgan fingerprint density at radius 3 is 2.50 bits per heavy atom. The minimum absolute atomic E-state index is 0.0814. The normalized spacial score (nSPS) is 11.9. The van der Waals surface area contributed by atoms with Crippen molar-refractivity contribution in [2.24, 2.45) is 0 Å². The van der Waals surface area contributed by atoms with Gasteiger partial charge in [-0.1, -0.05) is 36.4 Å². The van der Waals surface area contributed by atoms with Gasteiger partial charge in [0, 0.05) is 5.56 Å². The largest absolute Gasteiger partial charge is 0.508 e. The lowest BCUT2D eigenvalue weighted by Crippen LogP contribution is -2.30. The molecule has 0 saturated carbocycles. The topological polar surface area (TPSA) is 69.6 Å². The van der Waals surface area contributed by atoms with E-state index in [1.165, 1.54) is 6.07 Å². The molecule has 0 aliphatic carbocycles. The number of phenolic OH excluding ortho intramolecular Hbond substituents is 1. The van der Waals surface area contributed by atoms with Crippen molar-refractivity contribution in [3.8, 4) is 5.75 Å². The van der Waals surface area contributed by atoms with Gasteiger partial charge in [0.1, 0.15) is 5.75 Å². The number of aliphatic hydroxyl groups is 1. The van der Waals surface area contributed by atoms with Crippen molar-refractivity contribution >= 4 is 5.91 Å². The number of hydrogen-bond donors (Lipinski definition) is 3. The smallest absolute Gasteiger partial charge is 0.251 e. The van der Waals surface area contributed by atoms with Gasteiger partial charge in [0.05, 0.1) is 12.6 Å². The van der Waals surface area contributed by atoms with Crippen molar-refractivity contribution in [2.45, 2.75) is 13.0 Å². The maximum absolute atomic E-state index is 12.1. The molecule has 0 aromatic heterocycles. The zero-order chi connectivity index (χ0) is 14.5. The Hall–Kier alpha value is -2.33. The quantitative estimate of drug-likeness (QED) is 0.798. The number of rotatable bonds is 4. The Labute approximate surface area is 117 Å². The fraction of sp³-hybridized carbons (Fsp3) is 0.188. The summed E-state index contributed by atoms with van der Waals surface area (Å²) in [5.41, 5.74) is 1.91. The Balaban J connectivity index is 2.15. The van der Waals surface area contributed by atoms with Gasteiger partial charge in [0.15, 0.2) is 0 Å². The Kier molecular flexibility index (Phi) is 4.38. The number of aryl methyl sites for hydroxylation is 1. The van der Waals surface area contributed by atoms with Gasteiger partial charge in [-0.2, -0.15) is 0 Å². The van der Waals surface area contributed by atoms with E-state index in [1.807, 2.05) is 30.3 Å². The van der Waals surface area contributed by atoms with Gasteiger partial charge in [-0.25, -0.2) is 0 Å². The highest BCUT2D eigenvalue weighted by molar-refractivity contribution is 5.95. The van der Waals surface area contributed by atoms with Gasteiger partial charge >= 0.3 is 0 Å². The van der Waals surface area contributed by atoms with Gasteiger partial charge in [0.25, 0.3) is 5.91 Å². The summed E-state index contributed by atoms with van der Waals surface area (Å²) in [6.45, 7) is 1.57. The van der Waals surface area contributed by atoms with Crippen molar-refractivity contribution in [2.75, 3.05) is 6.61 Å². The lowest BCUT2D eigenvalue weighted by atomic mass is 10.1. The van der Waals surface area contributed by atoms with Gasteiger partial charge in [-0.3, -0.25) is 4.79 Å². The monoisotopic (exact) mass is 271 g/mol. The van der Waals surface area contributed by atoms with Crippen LogP contribution < -0.4 is 5.32 Å². The van der Waals surface area contributed by atoms with Crippen molar-refractivity contribution in [1.82, 2.24) is 5.32 Å². The van der Waals surface area contributed by atoms with E-state index in [4.69, 9.17) is 0 Å². The van der Waals surface area contributed by atoms with Gasteiger partial charge in [0.2, 0.25) is 0 Å². The standard InChI is InChI=1S/C16H17NO3/c1-11-7-8-13(9-15(11)19)16(20)17-14(10-18)12-5-3-2-4-6-12/h2-9,14,18-19H,10H2,1H3,(H,17,20)/t14-/m1/s1. The third kappa shape index (κ3) is 3.16. The van der Waals surface area contributed by atoms with Crippen LogP contribution in [0.3, 0.4) is 0 Å². The molecule has 1 atom stereocenters. The summed E-state index contributed by atoms with van der Waals surface area (Å²) in [5.74, 6) is -0.249. The Bertz CT molecular complexity index is 596. The van der Waals surface area contributed by atoms with E-state index in [2.05, 4.69) is 5.32 Å². The van der Waals surface area contributed by atoms with Crippen LogP contribution in [-0.2, 0) is 0 Å². The highest BCUT2D eigenvalue weighted by Crippen LogP contribution is 2.18. The first-order valence-corrected chi connectivity index (χ1v) is 6.38. The SMILES string of the molecule is Cc1ccc(C(=O)N[C@H](CO)c2ccccc2)cc1O. The van der Waals surface area contributed by atoms with E-state index in [-0.39, 0.29) is 18.3 Å². The van der Waals surface area contributed by atoms with E-state index in [9.17, 15) is 15.0 Å². The second-order valence-electron chi connectivity index (χ2n) is 4.62. The van der Waals surface area contributed by atoms with E-state index in [0.29, 0.717) is 11.1 Å². The number of phenols is 1. The molecular formula is C16H17NO3. The summed E-state index contributed by atoms with van der Waals surface area (Å²) in [6.07, 6.45) is 0. The molecule has 3 N–H and O–H groups in total. The molecule has 104 valence electrons. The number of hydrogen-bond acceptors (Lipinski definition) is 3. The summed E-state index contributed by atoms with van der Waals surface area (Å²) in [4.78, 5) is 12.1. The molecule has 2 rings (SSSR count). The van der Waals surface area contributed by atoms with Crippen LogP contribution in [0.1, 0.15) is 27.5 Å². The molecule has 2 aromatic rings. The second-order valence-corrected chi connectivity index (χ2v) is 4.62. The highest BCUT2D eigenvalue weighted by atomic mass is 16.3. The molecule has 2 aromatic carbocycles. The fourth-order valence-electron chi connectivity index (χ4n) is 1.91. The van der Waals surface area contributed by atoms with Crippen LogP contribution in [0.25, 0.3) is 0 Å². The molecule has 0 unspecified atom stereocenters. The third-order valence-corrected chi connectivity index (χ3v) is 3.16. The molecule has 0 radical (unpaired) electrons. The molecule has 0 spiro atoms. The van der Waals surface area contributed by atoms with Crippen molar-refractivity contribution in [3.05, 3.63) is 65.2 Å². The van der Waals surface area contributed by atoms with Crippen LogP contribution in [-0.4, -0.2) is 22.7 Å². The predicted octanol–water partition coefficient (Wildman–Crippen LogP) is 2.16. The molecule has 0 saturated heterocycles. The molecule has 0 heterocycles. The first-order valence-electron chi connectivity index (χ1n) is 6.38. The summed E-state index contributed by atoms with van der Waals surface area (Å²) in [5, 5.41) is 21.8. The number of amides is 1. The van der Waals surface area contributed by atoms with E-state index >= 15 is 0 Å². The molecule has 0 fully saturated rings. The van der Waals surface area contributed by atoms with E-state index in [0.717, 1.165) is 5.56 Å². The van der Waals surface area contributed by atoms with Crippen molar-refractivity contribution < 1.29 is 15.0 Å². The van der Waals surface area contributed by atoms with Gasteiger partial charge in [-0.15, -0.1) is 0 Å². The highest BCUT2D eigenvalue weighted by Gasteiger charge is 2.15. The molecule has 4 heteroatoms. The molecule has 0 aliphatic rings. The second kappa shape index (κ2) is 6.21. The minimum atomic E-state index is -0.466. The van der Waals surface area contributed by atoms with Crippen LogP contribution in [0.4, 0.5) is 0 Å². The van der Waals surface area contributed by atoms with Crippen LogP contribution >= 0.6 is 0 Å². The number of aliphatic hydroxyl groups excluding tert-OH is 1. The molecule has 4 nitrogen and oxygen atoms in total. The first-order chi connectivity index (χ1) is 9.61. The zero-order valence-electron chi connectivity index (χ0n) is 11.2. The predicted molar refractivity (Wildman–Crippen MR) is 76.6 cm³/mol. The average Bonchev–Trinajstić information content (AvgIpc) is 2.48. The van der Waals surface area contributed by atoms with Crippen molar-refractivity contribution in [1.29, 1.82) is 0 Å². The molecule has 0 bridgehead atoms. The van der Waals surface area contributed by atoms with Crippen molar-refractivity contribution in [3.63, 3.8) is 0 Å². The Morgan fingerprint density at radius 1 is 1.20 bits per heavy atom. The summed E-state index contributed by atoms with van der Waals surface area (Å²) >= 11 is 0. The average molecular weight is 271 g/mol. The lowest BCUT2D eigenvalue weighted by Gasteiger charge is -2.17. The molecular weight excluding hydrogens is 254 g/mol. The lowest BCUT2D eigenvalue weighted by molar-refractivity contribution is 0.0916. The van der Waals surface area contributed by atoms with Crippen LogP contribution in [0, 0.1) is 6.92 Å². The van der Waals surface area contributed by atoms with E-state index < -0.39 is 6.04 Å². The molecule has 0 aliphatic heterocycles. The van der Waals surface area contributed by atoms with Gasteiger partial charge < -0.3 is 15.5 Å². The first kappa shape index (κ1) is 14.1. The number of carbonyl (C=O) groups excluding carboxylic acids is 1. The summed E-state index contributed by atoms with van der Waals surface area (Å²) in [7, 11) is 0. The maximum atomic E-state index is 12.1. The number of nitrogens with one attached hydrogen (secondary N) is 1. The molecule has 1 amide bonds. The number of aromatic hydroxyl groups is 1. The summed E-state index contributed by atoms with van der Waals surface area (Å²) in [6, 6.07) is 13.5. The number of benzene rings is 2. The number of carbonyl (C=O) groups is 1. The van der Waals surface area contributed by atoms with Crippen LogP contribution in [0.15, 0.2) is 48.5 Å². The maximum Gasteiger partial charge on any atom is 0.251 e. The Morgan fingerprint density at radius 2 is 1.90 bits per heavy atom. The zero-order valence-corrected chi connectivity index (χ0v) is 11.2. The minimum Gasteiger partial charge on any atom is -0.508 e.